The Morgan fingerprint density at radius 1 is 0.921 bits per heavy atom. The van der Waals surface area contributed by atoms with Crippen LogP contribution in [0.4, 0.5) is 14.9 Å². The third kappa shape index (κ3) is 5.17. The topological polar surface area (TPSA) is 71.4 Å². The van der Waals surface area contributed by atoms with E-state index in [2.05, 4.69) is 46.3 Å². The summed E-state index contributed by atoms with van der Waals surface area (Å²) in [6.07, 6.45) is 1.69. The number of anilines is 1. The van der Waals surface area contributed by atoms with Crippen LogP contribution < -0.4 is 5.32 Å². The second-order valence-corrected chi connectivity index (χ2v) is 9.89. The van der Waals surface area contributed by atoms with Crippen molar-refractivity contribution < 1.29 is 18.8 Å². The maximum atomic E-state index is 13.4. The predicted molar refractivity (Wildman–Crippen MR) is 148 cm³/mol. The number of carbonyl (C=O) groups is 3. The molecule has 0 saturated carbocycles. The number of thioether (sulfide) groups is 1. The molecule has 8 heteroatoms. The number of aromatic nitrogens is 1. The number of benzene rings is 3. The summed E-state index contributed by atoms with van der Waals surface area (Å²) in [5, 5.41) is 1.98. The zero-order chi connectivity index (χ0) is 26.8. The average Bonchev–Trinajstić information content (AvgIpc) is 3.33. The lowest BCUT2D eigenvalue weighted by atomic mass is 10.1. The van der Waals surface area contributed by atoms with E-state index in [1.54, 1.807) is 6.08 Å². The number of rotatable bonds is 6. The van der Waals surface area contributed by atoms with Crippen molar-refractivity contribution in [3.8, 4) is 16.8 Å². The summed E-state index contributed by atoms with van der Waals surface area (Å²) in [6, 6.07) is 25.8. The van der Waals surface area contributed by atoms with Crippen molar-refractivity contribution in [3.63, 3.8) is 0 Å². The molecule has 3 amide bonds. The first-order valence-electron chi connectivity index (χ1n) is 12.0. The van der Waals surface area contributed by atoms with Crippen LogP contribution in [0.2, 0.25) is 0 Å². The van der Waals surface area contributed by atoms with Crippen molar-refractivity contribution in [1.29, 1.82) is 0 Å². The molecule has 4 aromatic rings. The third-order valence-corrected chi connectivity index (χ3v) is 7.18. The van der Waals surface area contributed by atoms with Crippen molar-refractivity contribution in [2.24, 2.45) is 0 Å². The first-order chi connectivity index (χ1) is 18.3. The number of nitrogens with one attached hydrogen (secondary N) is 1. The number of aryl methyl sites for hydroxylation is 1. The standard InChI is InChI=1S/C30H24FN3O3S/c1-19-15-23(20(2)34(19)26-13-11-22(12-14-26)21-7-4-3-5-8-21)16-27-29(36)33(30(37)38-27)18-28(35)32-25-10-6-9-24(31)17-25/h3-17H,18H2,1-2H3,(H,32,35)/b27-16-. The van der Waals surface area contributed by atoms with Gasteiger partial charge in [0.05, 0.1) is 4.91 Å². The molecule has 5 rings (SSSR count). The number of hydrogen-bond donors (Lipinski definition) is 1. The molecule has 0 bridgehead atoms. The second kappa shape index (κ2) is 10.5. The molecular weight excluding hydrogens is 501 g/mol. The van der Waals surface area contributed by atoms with E-state index in [0.29, 0.717) is 0 Å². The van der Waals surface area contributed by atoms with Gasteiger partial charge in [0.15, 0.2) is 0 Å². The van der Waals surface area contributed by atoms with Gasteiger partial charge in [0.1, 0.15) is 12.4 Å². The highest BCUT2D eigenvalue weighted by molar-refractivity contribution is 8.18. The minimum Gasteiger partial charge on any atom is -0.324 e. The van der Waals surface area contributed by atoms with Gasteiger partial charge in [0.25, 0.3) is 11.1 Å². The number of amides is 3. The van der Waals surface area contributed by atoms with Gasteiger partial charge in [0, 0.05) is 22.8 Å². The molecule has 1 saturated heterocycles. The first-order valence-corrected chi connectivity index (χ1v) is 12.8. The van der Waals surface area contributed by atoms with Crippen LogP contribution in [0.1, 0.15) is 17.0 Å². The van der Waals surface area contributed by atoms with E-state index in [9.17, 15) is 18.8 Å². The van der Waals surface area contributed by atoms with Crippen LogP contribution in [0.15, 0.2) is 89.8 Å². The average molecular weight is 526 g/mol. The van der Waals surface area contributed by atoms with Crippen LogP contribution >= 0.6 is 11.8 Å². The summed E-state index contributed by atoms with van der Waals surface area (Å²) >= 11 is 0.796. The largest absolute Gasteiger partial charge is 0.324 e. The number of hydrogen-bond acceptors (Lipinski definition) is 4. The van der Waals surface area contributed by atoms with E-state index in [-0.39, 0.29) is 10.6 Å². The lowest BCUT2D eigenvalue weighted by Gasteiger charge is -2.12. The highest BCUT2D eigenvalue weighted by Crippen LogP contribution is 2.34. The summed E-state index contributed by atoms with van der Waals surface area (Å²) in [7, 11) is 0. The third-order valence-electron chi connectivity index (χ3n) is 6.27. The van der Waals surface area contributed by atoms with Gasteiger partial charge < -0.3 is 9.88 Å². The van der Waals surface area contributed by atoms with E-state index >= 15 is 0 Å². The van der Waals surface area contributed by atoms with Gasteiger partial charge in [-0.2, -0.15) is 0 Å². The molecule has 6 nitrogen and oxygen atoms in total. The number of nitrogens with zero attached hydrogens (tertiary/aromatic N) is 2. The molecule has 3 aromatic carbocycles. The molecule has 38 heavy (non-hydrogen) atoms. The Morgan fingerprint density at radius 3 is 2.34 bits per heavy atom. The molecule has 0 spiro atoms. The molecule has 0 radical (unpaired) electrons. The van der Waals surface area contributed by atoms with Crippen LogP contribution in [0, 0.1) is 19.7 Å². The van der Waals surface area contributed by atoms with Crippen LogP contribution in [0.3, 0.4) is 0 Å². The molecule has 1 aliphatic rings. The molecule has 2 heterocycles. The van der Waals surface area contributed by atoms with Gasteiger partial charge >= 0.3 is 0 Å². The first kappa shape index (κ1) is 25.2. The maximum Gasteiger partial charge on any atom is 0.294 e. The second-order valence-electron chi connectivity index (χ2n) is 8.90. The van der Waals surface area contributed by atoms with Gasteiger partial charge in [-0.1, -0.05) is 48.5 Å². The normalized spacial score (nSPS) is 14.4. The van der Waals surface area contributed by atoms with Gasteiger partial charge in [-0.05, 0) is 84.8 Å². The number of imide groups is 1. The minimum atomic E-state index is -0.587. The Labute approximate surface area is 223 Å². The van der Waals surface area contributed by atoms with Crippen LogP contribution in [0.25, 0.3) is 22.9 Å². The molecule has 1 N–H and O–H groups in total. The van der Waals surface area contributed by atoms with Gasteiger partial charge in [-0.3, -0.25) is 19.3 Å². The Hall–Kier alpha value is -4.43. The van der Waals surface area contributed by atoms with E-state index in [1.165, 1.54) is 18.2 Å². The fourth-order valence-corrected chi connectivity index (χ4v) is 5.28. The SMILES string of the molecule is Cc1cc(/C=C2\SC(=O)N(CC(=O)Nc3cccc(F)c3)C2=O)c(C)n1-c1ccc(-c2ccccc2)cc1. The van der Waals surface area contributed by atoms with E-state index in [1.807, 2.05) is 38.1 Å². The summed E-state index contributed by atoms with van der Waals surface area (Å²) in [5.41, 5.74) is 6.21. The fraction of sp³-hybridized carbons (Fsp3) is 0.100. The molecule has 0 unspecified atom stereocenters. The smallest absolute Gasteiger partial charge is 0.294 e. The predicted octanol–water partition coefficient (Wildman–Crippen LogP) is 6.58. The van der Waals surface area contributed by atoms with Gasteiger partial charge in [-0.25, -0.2) is 4.39 Å². The molecule has 190 valence electrons. The van der Waals surface area contributed by atoms with Crippen molar-refractivity contribution in [3.05, 3.63) is 113 Å². The number of carbonyl (C=O) groups excluding carboxylic acids is 3. The molecule has 0 atom stereocenters. The molecule has 0 aliphatic carbocycles. The van der Waals surface area contributed by atoms with Gasteiger partial charge in [-0.15, -0.1) is 0 Å². The van der Waals surface area contributed by atoms with Crippen LogP contribution in [-0.2, 0) is 9.59 Å². The van der Waals surface area contributed by atoms with Crippen LogP contribution in [0.5, 0.6) is 0 Å². The molecule has 1 aliphatic heterocycles. The lowest BCUT2D eigenvalue weighted by Crippen LogP contribution is -2.36. The zero-order valence-corrected chi connectivity index (χ0v) is 21.6. The van der Waals surface area contributed by atoms with Crippen molar-refractivity contribution in [1.82, 2.24) is 9.47 Å². The van der Waals surface area contributed by atoms with Crippen molar-refractivity contribution >= 4 is 40.6 Å². The van der Waals surface area contributed by atoms with E-state index in [0.717, 1.165) is 56.5 Å². The van der Waals surface area contributed by atoms with E-state index < -0.39 is 29.4 Å². The maximum absolute atomic E-state index is 13.4. The zero-order valence-electron chi connectivity index (χ0n) is 20.8. The minimum absolute atomic E-state index is 0.244. The number of halogens is 1. The summed E-state index contributed by atoms with van der Waals surface area (Å²) in [6.45, 7) is 3.49. The Balaban J connectivity index is 1.33. The van der Waals surface area contributed by atoms with Gasteiger partial charge in [0.2, 0.25) is 5.91 Å². The Kier molecular flexibility index (Phi) is 6.98. The van der Waals surface area contributed by atoms with E-state index in [4.69, 9.17) is 0 Å². The highest BCUT2D eigenvalue weighted by atomic mass is 32.2. The Morgan fingerprint density at radius 2 is 1.63 bits per heavy atom. The fourth-order valence-electron chi connectivity index (χ4n) is 4.45. The Bertz CT molecular complexity index is 1580. The van der Waals surface area contributed by atoms with Crippen LogP contribution in [-0.4, -0.2) is 33.1 Å². The molecule has 1 aromatic heterocycles. The summed E-state index contributed by atoms with van der Waals surface area (Å²) in [5.74, 6) is -1.62. The highest BCUT2D eigenvalue weighted by Gasteiger charge is 2.36. The summed E-state index contributed by atoms with van der Waals surface area (Å²) in [4.78, 5) is 39.1. The quantitative estimate of drug-likeness (QED) is 0.289. The van der Waals surface area contributed by atoms with Crippen molar-refractivity contribution in [2.45, 2.75) is 13.8 Å². The summed E-state index contributed by atoms with van der Waals surface area (Å²) < 4.78 is 15.5. The monoisotopic (exact) mass is 525 g/mol. The molecular formula is C30H24FN3O3S. The molecule has 1 fully saturated rings. The lowest BCUT2D eigenvalue weighted by molar-refractivity contribution is -0.127. The van der Waals surface area contributed by atoms with Crippen molar-refractivity contribution in [2.75, 3.05) is 11.9 Å².